The van der Waals surface area contributed by atoms with E-state index in [9.17, 15) is 24.0 Å². The van der Waals surface area contributed by atoms with Crippen molar-refractivity contribution in [2.24, 2.45) is 35.1 Å². The molecule has 0 aromatic heterocycles. The first-order valence-corrected chi connectivity index (χ1v) is 23.9. The molecule has 308 valence electrons. The molecule has 0 saturated carbocycles. The molecule has 3 unspecified atom stereocenters. The van der Waals surface area contributed by atoms with Crippen LogP contribution in [0.3, 0.4) is 0 Å². The zero-order valence-electron chi connectivity index (χ0n) is 32.9. The Labute approximate surface area is 350 Å². The molecule has 0 bridgehead atoms. The molecule has 1 amide bonds. The normalized spacial score (nSPS) is 12.5. The molecule has 14 heteroatoms. The van der Waals surface area contributed by atoms with Crippen molar-refractivity contribution in [1.82, 2.24) is 5.32 Å². The van der Waals surface area contributed by atoms with Crippen molar-refractivity contribution < 1.29 is 43.7 Å². The summed E-state index contributed by atoms with van der Waals surface area (Å²) < 4.78 is 10.4. The number of carboxylic acids is 2. The summed E-state index contributed by atoms with van der Waals surface area (Å²) in [5.74, 6) is -3.07. The number of ether oxygens (including phenoxy) is 2. The number of hydrogen-bond acceptors (Lipinski definition) is 9. The third kappa shape index (κ3) is 29.4. The van der Waals surface area contributed by atoms with Gasteiger partial charge in [0.15, 0.2) is 0 Å². The highest BCUT2D eigenvalue weighted by molar-refractivity contribution is 15.0. The van der Waals surface area contributed by atoms with E-state index < -0.39 is 36.0 Å². The third-order valence-electron chi connectivity index (χ3n) is 7.30. The van der Waals surface area contributed by atoms with Gasteiger partial charge in [0, 0.05) is 43.1 Å². The molecule has 0 saturated heterocycles. The average molecular weight is 994 g/mol. The highest BCUT2D eigenvalue weighted by Gasteiger charge is 2.27. The van der Waals surface area contributed by atoms with Crippen LogP contribution in [0.15, 0.2) is 98.6 Å². The summed E-state index contributed by atoms with van der Waals surface area (Å²) in [6.45, 7) is 21.9. The van der Waals surface area contributed by atoms with E-state index >= 15 is 0 Å². The van der Waals surface area contributed by atoms with E-state index in [1.165, 1.54) is 6.08 Å². The predicted molar refractivity (Wildman–Crippen MR) is 236 cm³/mol. The van der Waals surface area contributed by atoms with Crippen LogP contribution in [0.4, 0.5) is 0 Å². The van der Waals surface area contributed by atoms with Gasteiger partial charge >= 0.3 is 23.9 Å². The molecule has 0 aliphatic heterocycles. The van der Waals surface area contributed by atoms with Crippen molar-refractivity contribution in [2.45, 2.75) is 92.1 Å². The fourth-order valence-corrected chi connectivity index (χ4v) is 3.70. The van der Waals surface area contributed by atoms with Crippen LogP contribution in [0.5, 0.6) is 0 Å². The molecule has 0 spiro atoms. The molecule has 5 atom stereocenters. The van der Waals surface area contributed by atoms with E-state index in [0.29, 0.717) is 25.9 Å². The monoisotopic (exact) mass is 993 g/mol. The molecule has 0 fully saturated rings. The van der Waals surface area contributed by atoms with Crippen molar-refractivity contribution in [1.29, 1.82) is 0 Å². The number of aliphatic carboxylic acids is 2. The Morgan fingerprint density at radius 3 is 1.36 bits per heavy atom. The summed E-state index contributed by atoms with van der Waals surface area (Å²) in [5, 5.41) is 19.2. The average Bonchev–Trinajstić information content (AvgIpc) is 3.17. The molecule has 0 radical (unpaired) electrons. The van der Waals surface area contributed by atoms with Crippen LogP contribution in [-0.2, 0) is 46.7 Å². The Bertz CT molecular complexity index is 1370. The van der Waals surface area contributed by atoms with Crippen LogP contribution in [0.1, 0.15) is 71.9 Å². The highest BCUT2D eigenvalue weighted by Crippen LogP contribution is 2.10. The second kappa shape index (κ2) is 34.8. The van der Waals surface area contributed by atoms with Gasteiger partial charge in [-0.25, -0.2) is 4.79 Å². The van der Waals surface area contributed by atoms with Gasteiger partial charge in [-0.05, 0) is 42.2 Å². The number of amides is 1. The number of rotatable bonds is 18. The van der Waals surface area contributed by atoms with Crippen LogP contribution in [0.2, 0.25) is 0 Å². The van der Waals surface area contributed by atoms with Crippen molar-refractivity contribution in [2.75, 3.05) is 0 Å². The first-order valence-electron chi connectivity index (χ1n) is 17.6. The Morgan fingerprint density at radius 1 is 0.655 bits per heavy atom. The maximum Gasteiger partial charge on any atom is 0.329 e. The zero-order chi connectivity index (χ0) is 42.9. The molecule has 2 aromatic carbocycles. The third-order valence-corrected chi connectivity index (χ3v) is 7.30. The molecule has 2 aromatic rings. The number of hydrogen-bond donors (Lipinski definition) is 5. The lowest BCUT2D eigenvalue weighted by atomic mass is 10.0. The van der Waals surface area contributed by atoms with Gasteiger partial charge in [-0.1, -0.05) is 120 Å². The van der Waals surface area contributed by atoms with Crippen LogP contribution in [0, 0.1) is 23.7 Å². The fraction of sp³-hybridized carbons (Fsp3) is 0.439. The smallest absolute Gasteiger partial charge is 0.329 e. The van der Waals surface area contributed by atoms with Gasteiger partial charge in [0.25, 0.3) is 0 Å². The molecular formula is C41H61I2N3O9. The fourth-order valence-electron chi connectivity index (χ4n) is 3.70. The van der Waals surface area contributed by atoms with E-state index in [0.717, 1.165) is 11.1 Å². The maximum absolute atomic E-state index is 12.2. The van der Waals surface area contributed by atoms with E-state index in [1.54, 1.807) is 19.1 Å². The maximum atomic E-state index is 12.2. The number of carbonyl (C=O) groups is 5. The van der Waals surface area contributed by atoms with Gasteiger partial charge in [-0.2, -0.15) is 0 Å². The number of carboxylic acid groups (broad SMARTS) is 2. The highest BCUT2D eigenvalue weighted by atomic mass is 128. The lowest BCUT2D eigenvalue weighted by Gasteiger charge is -2.22. The summed E-state index contributed by atoms with van der Waals surface area (Å²) in [6.07, 6.45) is 6.25. The first-order chi connectivity index (χ1) is 25.9. The quantitative estimate of drug-likeness (QED) is 0.0553. The van der Waals surface area contributed by atoms with Gasteiger partial charge in [0.2, 0.25) is 5.91 Å². The number of halogens is 2. The van der Waals surface area contributed by atoms with Gasteiger partial charge in [-0.15, -0.1) is 19.7 Å². The molecule has 0 heterocycles. The molecule has 0 aliphatic rings. The van der Waals surface area contributed by atoms with Crippen molar-refractivity contribution in [3.05, 3.63) is 110 Å². The minimum absolute atomic E-state index is 0.0387. The Morgan fingerprint density at radius 2 is 1.05 bits per heavy atom. The number of nitrogens with two attached hydrogens (primary N) is 2. The molecular weight excluding hydrogens is 932 g/mol. The standard InChI is InChI=1S/C18H25NO3.C12H17NO2.C6H10O2.C5H9NO2.I2/c1-5-9-14(4)17(20)19-16(13(2)3)18(21)22-12-15-10-7-6-8-11-15;1-9(2)11(13)12(14)15-8-10-6-4-3-5-7-10;1-3-4-5(2)6(7)8;1-2-3-4(6)5(7)8;1-2/h5-8,10-11,13-14,16H,1,9,12H2,2-4H3,(H,19,20);3-7,9,11H,8,13H2,1-2H3;3,5H,1,4H2,2H3,(H,7,8);2,4H,1,3,6H2,(H,7,8);/t14?,16-;11-;;;/m00.../s1. The molecule has 12 nitrogen and oxygen atoms in total. The summed E-state index contributed by atoms with van der Waals surface area (Å²) in [7, 11) is 0. The molecule has 0 aliphatic carbocycles. The van der Waals surface area contributed by atoms with Crippen molar-refractivity contribution >= 4 is 67.0 Å². The van der Waals surface area contributed by atoms with Crippen LogP contribution < -0.4 is 16.8 Å². The van der Waals surface area contributed by atoms with Gasteiger partial charge in [0.05, 0.1) is 5.92 Å². The van der Waals surface area contributed by atoms with E-state index in [-0.39, 0.29) is 42.2 Å². The lowest BCUT2D eigenvalue weighted by molar-refractivity contribution is -0.151. The zero-order valence-corrected chi connectivity index (χ0v) is 37.2. The Kier molecular flexibility index (Phi) is 35.3. The number of esters is 2. The van der Waals surface area contributed by atoms with Gasteiger partial charge in [0.1, 0.15) is 31.3 Å². The number of nitrogens with one attached hydrogen (secondary N) is 1. The van der Waals surface area contributed by atoms with E-state index in [2.05, 4.69) is 62.3 Å². The second-order valence-corrected chi connectivity index (χ2v) is 12.8. The number of benzene rings is 2. The SMILES string of the molecule is C=CCC(C)C(=O)N[C@H](C(=O)OCc1ccccc1)C(C)C.C=CCC(C)C(=O)O.C=CCC(N)C(=O)O.CC(C)[C@H](N)C(=O)OCc1ccccc1.II. The first kappa shape index (κ1) is 55.7. The van der Waals surface area contributed by atoms with Crippen LogP contribution in [0.25, 0.3) is 0 Å². The minimum Gasteiger partial charge on any atom is -0.481 e. The van der Waals surface area contributed by atoms with Crippen molar-refractivity contribution in [3.8, 4) is 0 Å². The molecule has 2 rings (SSSR count). The Hall–Kier alpha value is -3.61. The topological polar surface area (TPSA) is 208 Å². The van der Waals surface area contributed by atoms with E-state index in [4.69, 9.17) is 31.2 Å². The van der Waals surface area contributed by atoms with Gasteiger partial charge in [-0.3, -0.25) is 19.2 Å². The summed E-state index contributed by atoms with van der Waals surface area (Å²) in [4.78, 5) is 55.6. The Balaban J connectivity index is -0.000000706. The van der Waals surface area contributed by atoms with E-state index in [1.807, 2.05) is 95.3 Å². The van der Waals surface area contributed by atoms with Gasteiger partial charge < -0.3 is 36.5 Å². The molecule has 55 heavy (non-hydrogen) atoms. The van der Waals surface area contributed by atoms with Crippen molar-refractivity contribution in [3.63, 3.8) is 0 Å². The number of allylic oxidation sites excluding steroid dienone is 2. The summed E-state index contributed by atoms with van der Waals surface area (Å²) in [5.41, 5.74) is 12.6. The summed E-state index contributed by atoms with van der Waals surface area (Å²) in [6, 6.07) is 17.1. The van der Waals surface area contributed by atoms with Crippen LogP contribution in [-0.4, -0.2) is 58.1 Å². The minimum atomic E-state index is -0.982. The largest absolute Gasteiger partial charge is 0.481 e. The summed E-state index contributed by atoms with van der Waals surface area (Å²) >= 11 is 4.24. The predicted octanol–water partition coefficient (Wildman–Crippen LogP) is 7.82. The lowest BCUT2D eigenvalue weighted by Crippen LogP contribution is -2.47. The van der Waals surface area contributed by atoms with Crippen LogP contribution >= 0.6 is 37.2 Å². The number of carbonyl (C=O) groups excluding carboxylic acids is 3. The second-order valence-electron chi connectivity index (χ2n) is 12.8. The molecule has 7 N–H and O–H groups in total.